The number of likely N-dealkylation sites (tertiary alicyclic amines) is 1. The highest BCUT2D eigenvalue weighted by Crippen LogP contribution is 2.09. The molecule has 0 radical (unpaired) electrons. The number of carboxylic acids is 1. The standard InChI is InChI=1S/C10H17N3O5/c1-18-10(17)12-7-3-5-13(6-7)9(16)11-4-2-8(14)15/h7H,2-6H2,1H3,(H,11,16)(H,12,17)(H,14,15). The Morgan fingerprint density at radius 2 is 2.17 bits per heavy atom. The molecule has 1 saturated heterocycles. The third kappa shape index (κ3) is 4.48. The topological polar surface area (TPSA) is 108 Å². The molecule has 0 aromatic heterocycles. The van der Waals surface area contributed by atoms with Gasteiger partial charge in [-0.15, -0.1) is 0 Å². The molecule has 0 aromatic rings. The first-order valence-electron chi connectivity index (χ1n) is 5.62. The van der Waals surface area contributed by atoms with Crippen LogP contribution in [-0.4, -0.2) is 60.9 Å². The quantitative estimate of drug-likeness (QED) is 0.636. The first-order chi connectivity index (χ1) is 8.52. The second kappa shape index (κ2) is 6.67. The third-order valence-corrected chi connectivity index (χ3v) is 2.60. The summed E-state index contributed by atoms with van der Waals surface area (Å²) in [4.78, 5) is 34.4. The van der Waals surface area contributed by atoms with Crippen molar-refractivity contribution in [1.29, 1.82) is 0 Å². The number of ether oxygens (including phenoxy) is 1. The first-order valence-corrected chi connectivity index (χ1v) is 5.62. The van der Waals surface area contributed by atoms with E-state index in [1.54, 1.807) is 0 Å². The van der Waals surface area contributed by atoms with E-state index in [-0.39, 0.29) is 25.0 Å². The molecule has 0 saturated carbocycles. The molecule has 3 N–H and O–H groups in total. The van der Waals surface area contributed by atoms with Crippen LogP contribution in [0.2, 0.25) is 0 Å². The van der Waals surface area contributed by atoms with Crippen LogP contribution in [0.25, 0.3) is 0 Å². The minimum atomic E-state index is -0.957. The Balaban J connectivity index is 2.26. The van der Waals surface area contributed by atoms with Crippen LogP contribution in [0, 0.1) is 0 Å². The number of nitrogens with one attached hydrogen (secondary N) is 2. The number of carbonyl (C=O) groups is 3. The summed E-state index contributed by atoms with van der Waals surface area (Å²) in [5, 5.41) is 13.6. The van der Waals surface area contributed by atoms with E-state index in [9.17, 15) is 14.4 Å². The number of hydrogen-bond acceptors (Lipinski definition) is 4. The lowest BCUT2D eigenvalue weighted by molar-refractivity contribution is -0.136. The van der Waals surface area contributed by atoms with Crippen molar-refractivity contribution in [2.24, 2.45) is 0 Å². The lowest BCUT2D eigenvalue weighted by Crippen LogP contribution is -2.42. The maximum absolute atomic E-state index is 11.6. The van der Waals surface area contributed by atoms with Crippen molar-refractivity contribution in [3.05, 3.63) is 0 Å². The lowest BCUT2D eigenvalue weighted by atomic mass is 10.3. The number of alkyl carbamates (subject to hydrolysis) is 1. The number of carboxylic acid groups (broad SMARTS) is 1. The first kappa shape index (κ1) is 14.1. The van der Waals surface area contributed by atoms with E-state index in [1.165, 1.54) is 12.0 Å². The number of rotatable bonds is 4. The number of nitrogens with zero attached hydrogens (tertiary/aromatic N) is 1. The Bertz CT molecular complexity index is 333. The number of urea groups is 1. The molecule has 102 valence electrons. The molecule has 1 fully saturated rings. The van der Waals surface area contributed by atoms with Gasteiger partial charge in [-0.25, -0.2) is 9.59 Å². The summed E-state index contributed by atoms with van der Waals surface area (Å²) in [5.74, 6) is -0.957. The van der Waals surface area contributed by atoms with Gasteiger partial charge in [0.1, 0.15) is 0 Å². The van der Waals surface area contributed by atoms with Crippen LogP contribution in [0.5, 0.6) is 0 Å². The molecule has 8 heteroatoms. The predicted molar refractivity (Wildman–Crippen MR) is 61.2 cm³/mol. The van der Waals surface area contributed by atoms with E-state index in [0.717, 1.165) is 0 Å². The maximum Gasteiger partial charge on any atom is 0.407 e. The molecular weight excluding hydrogens is 242 g/mol. The largest absolute Gasteiger partial charge is 0.481 e. The summed E-state index contributed by atoms with van der Waals surface area (Å²) in [6.07, 6.45) is 0.0263. The number of aliphatic carboxylic acids is 1. The van der Waals surface area contributed by atoms with Crippen molar-refractivity contribution in [1.82, 2.24) is 15.5 Å². The zero-order chi connectivity index (χ0) is 13.5. The van der Waals surface area contributed by atoms with Crippen molar-refractivity contribution >= 4 is 18.1 Å². The average Bonchev–Trinajstić information content (AvgIpc) is 2.76. The Morgan fingerprint density at radius 3 is 2.78 bits per heavy atom. The van der Waals surface area contributed by atoms with Gasteiger partial charge in [0.15, 0.2) is 0 Å². The average molecular weight is 259 g/mol. The van der Waals surface area contributed by atoms with Crippen LogP contribution in [0.15, 0.2) is 0 Å². The Morgan fingerprint density at radius 1 is 1.44 bits per heavy atom. The van der Waals surface area contributed by atoms with Crippen LogP contribution in [-0.2, 0) is 9.53 Å². The van der Waals surface area contributed by atoms with Gasteiger partial charge in [-0.3, -0.25) is 4.79 Å². The molecule has 1 rings (SSSR count). The maximum atomic E-state index is 11.6. The molecule has 1 atom stereocenters. The number of amides is 3. The number of hydrogen-bond donors (Lipinski definition) is 3. The van der Waals surface area contributed by atoms with Crippen LogP contribution in [0.1, 0.15) is 12.8 Å². The van der Waals surface area contributed by atoms with Crippen molar-refractivity contribution in [3.63, 3.8) is 0 Å². The van der Waals surface area contributed by atoms with E-state index >= 15 is 0 Å². The Labute approximate surface area is 104 Å². The fourth-order valence-corrected chi connectivity index (χ4v) is 1.68. The monoisotopic (exact) mass is 259 g/mol. The minimum Gasteiger partial charge on any atom is -0.481 e. The molecule has 3 amide bonds. The molecule has 0 aliphatic carbocycles. The van der Waals surface area contributed by atoms with Gasteiger partial charge < -0.3 is 25.4 Å². The second-order valence-electron chi connectivity index (χ2n) is 3.94. The van der Waals surface area contributed by atoms with Crippen LogP contribution in [0.4, 0.5) is 9.59 Å². The van der Waals surface area contributed by atoms with Gasteiger partial charge in [0.25, 0.3) is 0 Å². The van der Waals surface area contributed by atoms with E-state index < -0.39 is 12.1 Å². The third-order valence-electron chi connectivity index (χ3n) is 2.60. The molecule has 18 heavy (non-hydrogen) atoms. The molecule has 1 unspecified atom stereocenters. The summed E-state index contributed by atoms with van der Waals surface area (Å²) >= 11 is 0. The van der Waals surface area contributed by atoms with Crippen LogP contribution in [0.3, 0.4) is 0 Å². The van der Waals surface area contributed by atoms with E-state index in [2.05, 4.69) is 15.4 Å². The van der Waals surface area contributed by atoms with E-state index in [0.29, 0.717) is 19.5 Å². The summed E-state index contributed by atoms with van der Waals surface area (Å²) < 4.78 is 4.46. The number of methoxy groups -OCH3 is 1. The molecule has 1 aliphatic heterocycles. The highest BCUT2D eigenvalue weighted by atomic mass is 16.5. The molecule has 0 aromatic carbocycles. The van der Waals surface area contributed by atoms with E-state index in [4.69, 9.17) is 5.11 Å². The Kier molecular flexibility index (Phi) is 5.22. The number of carbonyl (C=O) groups excluding carboxylic acids is 2. The highest BCUT2D eigenvalue weighted by Gasteiger charge is 2.27. The SMILES string of the molecule is COC(=O)NC1CCN(C(=O)NCCC(=O)O)C1. The lowest BCUT2D eigenvalue weighted by Gasteiger charge is -2.17. The van der Waals surface area contributed by atoms with Gasteiger partial charge in [-0.05, 0) is 6.42 Å². The van der Waals surface area contributed by atoms with Gasteiger partial charge in [0.05, 0.1) is 19.6 Å². The highest BCUT2D eigenvalue weighted by molar-refractivity contribution is 5.76. The molecule has 8 nitrogen and oxygen atoms in total. The Hall–Kier alpha value is -1.99. The van der Waals surface area contributed by atoms with Gasteiger partial charge in [0.2, 0.25) is 0 Å². The van der Waals surface area contributed by atoms with Gasteiger partial charge in [0, 0.05) is 19.6 Å². The second-order valence-corrected chi connectivity index (χ2v) is 3.94. The zero-order valence-corrected chi connectivity index (χ0v) is 10.1. The van der Waals surface area contributed by atoms with Gasteiger partial charge in [-0.1, -0.05) is 0 Å². The normalized spacial score (nSPS) is 18.3. The van der Waals surface area contributed by atoms with Gasteiger partial charge >= 0.3 is 18.1 Å². The molecule has 1 aliphatic rings. The molecular formula is C10H17N3O5. The smallest absolute Gasteiger partial charge is 0.407 e. The predicted octanol–water partition coefficient (Wildman–Crippen LogP) is -0.399. The van der Waals surface area contributed by atoms with Crippen molar-refractivity contribution in [2.45, 2.75) is 18.9 Å². The minimum absolute atomic E-state index is 0.0970. The van der Waals surface area contributed by atoms with Crippen molar-refractivity contribution in [3.8, 4) is 0 Å². The summed E-state index contributed by atoms with van der Waals surface area (Å²) in [7, 11) is 1.28. The fraction of sp³-hybridized carbons (Fsp3) is 0.700. The molecule has 1 heterocycles. The fourth-order valence-electron chi connectivity index (χ4n) is 1.68. The van der Waals surface area contributed by atoms with E-state index in [1.807, 2.05) is 0 Å². The summed E-state index contributed by atoms with van der Waals surface area (Å²) in [6.45, 7) is 1.02. The van der Waals surface area contributed by atoms with Crippen molar-refractivity contribution in [2.75, 3.05) is 26.7 Å². The molecule has 0 spiro atoms. The van der Waals surface area contributed by atoms with Crippen molar-refractivity contribution < 1.29 is 24.2 Å². The zero-order valence-electron chi connectivity index (χ0n) is 10.1. The van der Waals surface area contributed by atoms with Crippen LogP contribution < -0.4 is 10.6 Å². The summed E-state index contributed by atoms with van der Waals surface area (Å²) in [5.41, 5.74) is 0. The van der Waals surface area contributed by atoms with Crippen LogP contribution >= 0.6 is 0 Å². The molecule has 0 bridgehead atoms. The summed E-state index contributed by atoms with van der Waals surface area (Å²) in [6, 6.07) is -0.437. The van der Waals surface area contributed by atoms with Gasteiger partial charge in [-0.2, -0.15) is 0 Å².